The molecule has 3 rings (SSSR count). The van der Waals surface area contributed by atoms with Crippen molar-refractivity contribution in [3.8, 4) is 16.9 Å². The zero-order chi connectivity index (χ0) is 22.5. The summed E-state index contributed by atoms with van der Waals surface area (Å²) in [6.45, 7) is 4.29. The largest absolute Gasteiger partial charge is 0.493 e. The number of nitrogens with zero attached hydrogens (tertiary/aromatic N) is 2. The quantitative estimate of drug-likeness (QED) is 0.571. The van der Waals surface area contributed by atoms with Gasteiger partial charge in [0, 0.05) is 65.4 Å². The van der Waals surface area contributed by atoms with Gasteiger partial charge in [-0.2, -0.15) is 0 Å². The lowest BCUT2D eigenvalue weighted by Crippen LogP contribution is -2.17. The third-order valence-electron chi connectivity index (χ3n) is 5.03. The van der Waals surface area contributed by atoms with Gasteiger partial charge in [-0.05, 0) is 48.2 Å². The molecular formula is C24H27N3O3S. The lowest BCUT2D eigenvalue weighted by atomic mass is 9.96. The van der Waals surface area contributed by atoms with Gasteiger partial charge in [-0.1, -0.05) is 13.0 Å². The molecule has 3 aromatic rings. The van der Waals surface area contributed by atoms with E-state index in [9.17, 15) is 9.00 Å². The molecule has 7 heteroatoms. The van der Waals surface area contributed by atoms with E-state index in [2.05, 4.69) is 4.99 Å². The van der Waals surface area contributed by atoms with Crippen LogP contribution in [0.4, 0.5) is 0 Å². The molecule has 1 atom stereocenters. The lowest BCUT2D eigenvalue weighted by molar-refractivity contribution is 0.341. The number of ether oxygens (including phenoxy) is 1. The molecule has 1 unspecified atom stereocenters. The van der Waals surface area contributed by atoms with E-state index in [1.165, 1.54) is 6.20 Å². The van der Waals surface area contributed by atoms with Gasteiger partial charge in [0.1, 0.15) is 5.75 Å². The van der Waals surface area contributed by atoms with E-state index in [1.54, 1.807) is 37.1 Å². The van der Waals surface area contributed by atoms with Crippen molar-refractivity contribution in [2.75, 3.05) is 19.4 Å². The third-order valence-corrected chi connectivity index (χ3v) is 6.33. The fourth-order valence-electron chi connectivity index (χ4n) is 3.52. The van der Waals surface area contributed by atoms with E-state index < -0.39 is 10.8 Å². The Hall–Kier alpha value is -3.19. The Kier molecular flexibility index (Phi) is 7.07. The van der Waals surface area contributed by atoms with Crippen molar-refractivity contribution in [2.24, 2.45) is 17.8 Å². The highest BCUT2D eigenvalue weighted by Crippen LogP contribution is 2.36. The molecule has 0 fully saturated rings. The summed E-state index contributed by atoms with van der Waals surface area (Å²) in [5, 5.41) is 1.35. The fourth-order valence-corrected chi connectivity index (χ4v) is 4.32. The maximum atomic E-state index is 12.8. The van der Waals surface area contributed by atoms with Crippen molar-refractivity contribution in [3.63, 3.8) is 0 Å². The van der Waals surface area contributed by atoms with Crippen LogP contribution in [0.2, 0.25) is 0 Å². The summed E-state index contributed by atoms with van der Waals surface area (Å²) in [7, 11) is 2.29. The number of benzene rings is 2. The van der Waals surface area contributed by atoms with Gasteiger partial charge in [-0.25, -0.2) is 0 Å². The number of pyridine rings is 1. The van der Waals surface area contributed by atoms with Crippen molar-refractivity contribution in [1.82, 2.24) is 4.57 Å². The lowest BCUT2D eigenvalue weighted by Gasteiger charge is -2.16. The minimum atomic E-state index is -1.11. The monoisotopic (exact) mass is 437 g/mol. The standard InChI is InChI=1S/C24H27N3O3S/c1-5-30-23-10-8-18(31(29)6-2)12-21(23)22-15-27(4)24(28)19-9-7-16(11-20(19)22)17(13-25)14-26-3/h7-15H,5-6,25H2,1-4H3. The number of fused-ring (bicyclic) bond motifs is 1. The second kappa shape index (κ2) is 9.75. The number of aromatic nitrogens is 1. The summed E-state index contributed by atoms with van der Waals surface area (Å²) in [6, 6.07) is 11.2. The number of nitrogens with two attached hydrogens (primary N) is 1. The SMILES string of the molecule is CCOc1ccc(S(=O)CC)cc1-c1cn(C)c(=O)c2ccc(C(C=NC)=CN)cc12. The van der Waals surface area contributed by atoms with Crippen molar-refractivity contribution in [1.29, 1.82) is 0 Å². The van der Waals surface area contributed by atoms with Gasteiger partial charge in [0.2, 0.25) is 0 Å². The molecule has 0 amide bonds. The van der Waals surface area contributed by atoms with Gasteiger partial charge in [0.05, 0.1) is 17.4 Å². The number of hydrogen-bond donors (Lipinski definition) is 1. The van der Waals surface area contributed by atoms with Crippen LogP contribution in [-0.4, -0.2) is 34.4 Å². The van der Waals surface area contributed by atoms with Crippen LogP contribution in [0.3, 0.4) is 0 Å². The molecule has 0 bridgehead atoms. The zero-order valence-corrected chi connectivity index (χ0v) is 19.0. The summed E-state index contributed by atoms with van der Waals surface area (Å²) in [6.07, 6.45) is 4.97. The van der Waals surface area contributed by atoms with Crippen LogP contribution in [0.5, 0.6) is 5.75 Å². The van der Waals surface area contributed by atoms with Gasteiger partial charge >= 0.3 is 0 Å². The molecule has 0 aliphatic rings. The van der Waals surface area contributed by atoms with Crippen LogP contribution in [0.25, 0.3) is 27.5 Å². The predicted molar refractivity (Wildman–Crippen MR) is 129 cm³/mol. The maximum absolute atomic E-state index is 12.8. The summed E-state index contributed by atoms with van der Waals surface area (Å²) in [5.74, 6) is 1.20. The molecule has 1 aromatic heterocycles. The van der Waals surface area contributed by atoms with Gasteiger partial charge in [-0.3, -0.25) is 14.0 Å². The first-order valence-corrected chi connectivity index (χ1v) is 11.4. The van der Waals surface area contributed by atoms with Crippen molar-refractivity contribution >= 4 is 33.4 Å². The minimum absolute atomic E-state index is 0.0982. The van der Waals surface area contributed by atoms with E-state index in [1.807, 2.05) is 44.2 Å². The fraction of sp³-hybridized carbons (Fsp3) is 0.250. The van der Waals surface area contributed by atoms with Crippen LogP contribution in [-0.2, 0) is 17.8 Å². The van der Waals surface area contributed by atoms with Crippen molar-refractivity contribution in [2.45, 2.75) is 18.7 Å². The van der Waals surface area contributed by atoms with E-state index in [0.717, 1.165) is 32.5 Å². The van der Waals surface area contributed by atoms with Crippen LogP contribution < -0.4 is 16.0 Å². The Bertz CT molecular complexity index is 1260. The average Bonchev–Trinajstić information content (AvgIpc) is 2.79. The van der Waals surface area contributed by atoms with Crippen LogP contribution >= 0.6 is 0 Å². The molecule has 1 heterocycles. The first-order valence-electron chi connectivity index (χ1n) is 10.1. The molecule has 162 valence electrons. The summed E-state index contributed by atoms with van der Waals surface area (Å²) in [5.41, 5.74) is 8.91. The molecule has 0 aliphatic heterocycles. The third kappa shape index (κ3) is 4.46. The highest BCUT2D eigenvalue weighted by atomic mass is 32.2. The Labute approximate surface area is 184 Å². The Morgan fingerprint density at radius 3 is 2.58 bits per heavy atom. The van der Waals surface area contributed by atoms with Crippen molar-refractivity contribution < 1.29 is 8.95 Å². The number of aliphatic imine (C=N–C) groups is 1. The van der Waals surface area contributed by atoms with Crippen LogP contribution in [0.1, 0.15) is 19.4 Å². The summed E-state index contributed by atoms with van der Waals surface area (Å²) >= 11 is 0. The van der Waals surface area contributed by atoms with E-state index in [4.69, 9.17) is 10.5 Å². The van der Waals surface area contributed by atoms with Gasteiger partial charge in [0.15, 0.2) is 0 Å². The van der Waals surface area contributed by atoms with E-state index >= 15 is 0 Å². The van der Waals surface area contributed by atoms with Gasteiger partial charge in [0.25, 0.3) is 5.56 Å². The number of hydrogen-bond acceptors (Lipinski definition) is 5. The number of allylic oxidation sites excluding steroid dienone is 1. The van der Waals surface area contributed by atoms with Crippen LogP contribution in [0, 0.1) is 0 Å². The Balaban J connectivity index is 2.39. The van der Waals surface area contributed by atoms with Gasteiger partial charge in [-0.15, -0.1) is 0 Å². The molecular weight excluding hydrogens is 410 g/mol. The first kappa shape index (κ1) is 22.5. The van der Waals surface area contributed by atoms with Crippen molar-refractivity contribution in [3.05, 3.63) is 64.7 Å². The number of aryl methyl sites for hydroxylation is 1. The Morgan fingerprint density at radius 2 is 1.94 bits per heavy atom. The normalized spacial score (nSPS) is 13.1. The Morgan fingerprint density at radius 1 is 1.16 bits per heavy atom. The topological polar surface area (TPSA) is 86.7 Å². The maximum Gasteiger partial charge on any atom is 0.258 e. The molecule has 2 aromatic carbocycles. The van der Waals surface area contributed by atoms with Gasteiger partial charge < -0.3 is 15.0 Å². The highest BCUT2D eigenvalue weighted by Gasteiger charge is 2.16. The van der Waals surface area contributed by atoms with Crippen LogP contribution in [0.15, 0.2) is 63.5 Å². The molecule has 0 saturated heterocycles. The molecule has 0 radical (unpaired) electrons. The highest BCUT2D eigenvalue weighted by molar-refractivity contribution is 7.85. The molecule has 6 nitrogen and oxygen atoms in total. The van der Waals surface area contributed by atoms with E-state index in [0.29, 0.717) is 23.5 Å². The molecule has 0 saturated carbocycles. The molecule has 0 aliphatic carbocycles. The minimum Gasteiger partial charge on any atom is -0.493 e. The van der Waals surface area contributed by atoms with E-state index in [-0.39, 0.29) is 5.56 Å². The second-order valence-electron chi connectivity index (χ2n) is 6.95. The molecule has 0 spiro atoms. The molecule has 2 N–H and O–H groups in total. The summed E-state index contributed by atoms with van der Waals surface area (Å²) in [4.78, 5) is 17.6. The average molecular weight is 438 g/mol. The summed E-state index contributed by atoms with van der Waals surface area (Å²) < 4.78 is 19.9. The molecule has 31 heavy (non-hydrogen) atoms. The number of rotatable bonds is 7. The zero-order valence-electron chi connectivity index (χ0n) is 18.2. The first-order chi connectivity index (χ1) is 14.9. The predicted octanol–water partition coefficient (Wildman–Crippen LogP) is 3.73. The second-order valence-corrected chi connectivity index (χ2v) is 8.69. The smallest absolute Gasteiger partial charge is 0.258 e.